The van der Waals surface area contributed by atoms with Gasteiger partial charge in [0.25, 0.3) is 0 Å². The van der Waals surface area contributed by atoms with Crippen LogP contribution in [-0.4, -0.2) is 0 Å². The molecule has 24 valence electrons. The normalized spacial score (nSPS) is 3.60. The molecule has 0 saturated heterocycles. The molecular formula is C3H10Li2. The van der Waals surface area contributed by atoms with E-state index in [1.807, 2.05) is 0 Å². The van der Waals surface area contributed by atoms with Gasteiger partial charge in [0, 0.05) is 0 Å². The zero-order valence-corrected chi connectivity index (χ0v) is 4.71. The summed E-state index contributed by atoms with van der Waals surface area (Å²) in [5.74, 6) is 0. The van der Waals surface area contributed by atoms with Crippen LogP contribution in [0.5, 0.6) is 0 Å². The maximum atomic E-state index is 2.12. The third kappa shape index (κ3) is 37.1. The molecule has 0 N–H and O–H groups in total. The summed E-state index contributed by atoms with van der Waals surface area (Å²) in [7, 11) is 0. The first-order valence-corrected chi connectivity index (χ1v) is 1.41. The Bertz CT molecular complexity index is 10.9. The Hall–Kier alpha value is 1.19. The molecule has 0 heterocycles. The number of rotatable bonds is 0. The molecule has 0 rings (SSSR count). The van der Waals surface area contributed by atoms with Crippen molar-refractivity contribution < 1.29 is 40.6 Å². The Kier molecular flexibility index (Phi) is 62.2. The first-order chi connectivity index (χ1) is 1.41. The summed E-state index contributed by atoms with van der Waals surface area (Å²) in [5.41, 5.74) is 0. The van der Waals surface area contributed by atoms with E-state index in [0.717, 1.165) is 0 Å². The van der Waals surface area contributed by atoms with Crippen LogP contribution in [0.15, 0.2) is 0 Å². The molecule has 0 bridgehead atoms. The van der Waals surface area contributed by atoms with E-state index < -0.39 is 0 Å². The molecule has 0 atom stereocenters. The van der Waals surface area contributed by atoms with Crippen molar-refractivity contribution in [1.82, 2.24) is 0 Å². The SMILES string of the molecule is CCC.[H-].[H-].[Li+].[Li+]. The van der Waals surface area contributed by atoms with Gasteiger partial charge in [0.1, 0.15) is 0 Å². The quantitative estimate of drug-likeness (QED) is 0.248. The zero-order valence-electron chi connectivity index (χ0n) is 6.71. The van der Waals surface area contributed by atoms with Crippen LogP contribution >= 0.6 is 0 Å². The van der Waals surface area contributed by atoms with Crippen molar-refractivity contribution in [3.8, 4) is 0 Å². The maximum Gasteiger partial charge on any atom is 1.00 e. The van der Waals surface area contributed by atoms with E-state index in [4.69, 9.17) is 0 Å². The second-order valence-corrected chi connectivity index (χ2v) is 0.707. The van der Waals surface area contributed by atoms with Gasteiger partial charge in [-0.25, -0.2) is 0 Å². The van der Waals surface area contributed by atoms with Gasteiger partial charge in [-0.2, -0.15) is 0 Å². The molecule has 0 aliphatic rings. The fraction of sp³-hybridized carbons (Fsp3) is 1.00. The standard InChI is InChI=1S/C3H8.2Li.2H/c1-3-2;;;;/h3H2,1-2H3;;;;/q;2*+1;2*-1. The van der Waals surface area contributed by atoms with Crippen molar-refractivity contribution in [1.29, 1.82) is 0 Å². The third-order valence-corrected chi connectivity index (χ3v) is 0. The second-order valence-electron chi connectivity index (χ2n) is 0.707. The Morgan fingerprint density at radius 1 is 1.20 bits per heavy atom. The van der Waals surface area contributed by atoms with Crippen molar-refractivity contribution in [3.05, 3.63) is 0 Å². The summed E-state index contributed by atoms with van der Waals surface area (Å²) in [6.45, 7) is 4.25. The minimum Gasteiger partial charge on any atom is -1.00 e. The van der Waals surface area contributed by atoms with E-state index in [9.17, 15) is 0 Å². The van der Waals surface area contributed by atoms with E-state index in [2.05, 4.69) is 13.8 Å². The van der Waals surface area contributed by atoms with Crippen LogP contribution in [0.25, 0.3) is 0 Å². The predicted molar refractivity (Wildman–Crippen MR) is 18.2 cm³/mol. The number of hydrogen-bond donors (Lipinski definition) is 0. The summed E-state index contributed by atoms with van der Waals surface area (Å²) in [5, 5.41) is 0. The molecule has 5 heavy (non-hydrogen) atoms. The number of hydrogen-bond acceptors (Lipinski definition) is 0. The van der Waals surface area contributed by atoms with Crippen LogP contribution < -0.4 is 37.7 Å². The summed E-state index contributed by atoms with van der Waals surface area (Å²) in [6.07, 6.45) is 1.25. The Morgan fingerprint density at radius 3 is 1.20 bits per heavy atom. The molecule has 2 heteroatoms. The van der Waals surface area contributed by atoms with Gasteiger partial charge in [-0.15, -0.1) is 0 Å². The van der Waals surface area contributed by atoms with Gasteiger partial charge < -0.3 is 2.85 Å². The molecule has 0 fully saturated rings. The van der Waals surface area contributed by atoms with Crippen LogP contribution in [0.3, 0.4) is 0 Å². The summed E-state index contributed by atoms with van der Waals surface area (Å²) >= 11 is 0. The van der Waals surface area contributed by atoms with E-state index in [-0.39, 0.29) is 40.6 Å². The molecule has 0 radical (unpaired) electrons. The summed E-state index contributed by atoms with van der Waals surface area (Å²) in [6, 6.07) is 0. The Morgan fingerprint density at radius 2 is 1.20 bits per heavy atom. The molecular weight excluding hydrogens is 49.9 g/mol. The van der Waals surface area contributed by atoms with Crippen LogP contribution in [0, 0.1) is 0 Å². The molecule has 0 aromatic carbocycles. The van der Waals surface area contributed by atoms with Gasteiger partial charge in [0.05, 0.1) is 0 Å². The Balaban J connectivity index is -0.00000000333. The van der Waals surface area contributed by atoms with Crippen LogP contribution in [0.2, 0.25) is 0 Å². The predicted octanol–water partition coefficient (Wildman–Crippen LogP) is -4.35. The van der Waals surface area contributed by atoms with Crippen molar-refractivity contribution in [2.75, 3.05) is 0 Å². The van der Waals surface area contributed by atoms with Crippen LogP contribution in [0.1, 0.15) is 23.1 Å². The van der Waals surface area contributed by atoms with Gasteiger partial charge in [-0.3, -0.25) is 0 Å². The van der Waals surface area contributed by atoms with Crippen molar-refractivity contribution >= 4 is 0 Å². The first kappa shape index (κ1) is 16.4. The van der Waals surface area contributed by atoms with Gasteiger partial charge in [0.2, 0.25) is 0 Å². The molecule has 0 amide bonds. The van der Waals surface area contributed by atoms with Gasteiger partial charge in [0.15, 0.2) is 0 Å². The van der Waals surface area contributed by atoms with E-state index >= 15 is 0 Å². The topological polar surface area (TPSA) is 0 Å². The third-order valence-electron chi connectivity index (χ3n) is 0. The van der Waals surface area contributed by atoms with E-state index in [1.165, 1.54) is 6.42 Å². The molecule has 0 unspecified atom stereocenters. The molecule has 0 aliphatic heterocycles. The Labute approximate surface area is 61.0 Å². The summed E-state index contributed by atoms with van der Waals surface area (Å²) in [4.78, 5) is 0. The van der Waals surface area contributed by atoms with Crippen molar-refractivity contribution in [2.24, 2.45) is 0 Å². The van der Waals surface area contributed by atoms with Gasteiger partial charge in [-0.05, 0) is 0 Å². The minimum atomic E-state index is 0. The minimum absolute atomic E-state index is 0. The molecule has 0 nitrogen and oxygen atoms in total. The zero-order chi connectivity index (χ0) is 2.71. The molecule has 0 spiro atoms. The van der Waals surface area contributed by atoms with Crippen molar-refractivity contribution in [3.63, 3.8) is 0 Å². The van der Waals surface area contributed by atoms with Crippen LogP contribution in [-0.2, 0) is 0 Å². The van der Waals surface area contributed by atoms with E-state index in [0.29, 0.717) is 0 Å². The summed E-state index contributed by atoms with van der Waals surface area (Å²) < 4.78 is 0. The van der Waals surface area contributed by atoms with E-state index in [1.54, 1.807) is 0 Å². The largest absolute Gasteiger partial charge is 1.00 e. The first-order valence-electron chi connectivity index (χ1n) is 1.41. The average Bonchev–Trinajstić information content (AvgIpc) is 0.918. The second kappa shape index (κ2) is 19.0. The fourth-order valence-electron chi connectivity index (χ4n) is 0. The fourth-order valence-corrected chi connectivity index (χ4v) is 0. The van der Waals surface area contributed by atoms with Gasteiger partial charge in [-0.1, -0.05) is 20.3 Å². The van der Waals surface area contributed by atoms with Crippen molar-refractivity contribution in [2.45, 2.75) is 20.3 Å². The molecule has 0 aromatic rings. The monoisotopic (exact) mass is 60.1 g/mol. The molecule has 0 aliphatic carbocycles. The maximum absolute atomic E-state index is 2.12. The molecule has 0 saturated carbocycles. The smallest absolute Gasteiger partial charge is 1.00 e. The molecule has 0 aromatic heterocycles. The van der Waals surface area contributed by atoms with Gasteiger partial charge >= 0.3 is 37.7 Å². The average molecular weight is 60.0 g/mol. The van der Waals surface area contributed by atoms with Crippen LogP contribution in [0.4, 0.5) is 0 Å².